The average molecular weight is 762 g/mol. The van der Waals surface area contributed by atoms with Gasteiger partial charge >= 0.3 is 0 Å². The number of carbonyl (C=O) groups excluding carboxylic acids is 1. The summed E-state index contributed by atoms with van der Waals surface area (Å²) in [5, 5.41) is 10.5. The highest BCUT2D eigenvalue weighted by Crippen LogP contribution is 2.43. The molecule has 9 fully saturated rings. The van der Waals surface area contributed by atoms with Gasteiger partial charge in [-0.1, -0.05) is 20.1 Å². The van der Waals surface area contributed by atoms with Gasteiger partial charge in [0.1, 0.15) is 18.0 Å². The Hall–Kier alpha value is -1.29. The number of aliphatic hydroxyl groups is 1. The topological polar surface area (TPSA) is 146 Å². The third kappa shape index (κ3) is 9.04. The molecule has 0 spiro atoms. The number of Topliss-reactive ketones (excluding diaryl/α,β-unsaturated/α-hetero) is 1. The molecule has 10 bridgehead atoms. The van der Waals surface area contributed by atoms with Gasteiger partial charge in [0, 0.05) is 72.3 Å². The van der Waals surface area contributed by atoms with Crippen molar-refractivity contribution >= 4 is 5.78 Å². The molecule has 12 heteroatoms. The van der Waals surface area contributed by atoms with Crippen molar-refractivity contribution in [2.24, 2.45) is 17.6 Å². The van der Waals surface area contributed by atoms with E-state index in [2.05, 4.69) is 20.1 Å². The summed E-state index contributed by atoms with van der Waals surface area (Å²) in [6.07, 6.45) is 6.57. The molecule has 54 heavy (non-hydrogen) atoms. The van der Waals surface area contributed by atoms with E-state index in [9.17, 15) is 9.90 Å². The Kier molecular flexibility index (Phi) is 13.7. The molecule has 0 aliphatic carbocycles. The van der Waals surface area contributed by atoms with Crippen LogP contribution in [0.15, 0.2) is 24.3 Å². The highest BCUT2D eigenvalue weighted by atomic mass is 16.6. The minimum atomic E-state index is -0.731. The van der Waals surface area contributed by atoms with Crippen molar-refractivity contribution in [2.45, 2.75) is 194 Å². The van der Waals surface area contributed by atoms with Crippen molar-refractivity contribution in [1.82, 2.24) is 0 Å². The van der Waals surface area contributed by atoms with E-state index in [4.69, 9.17) is 48.4 Å². The first-order valence-corrected chi connectivity index (χ1v) is 20.8. The second kappa shape index (κ2) is 18.1. The molecule has 0 saturated carbocycles. The first-order chi connectivity index (χ1) is 26.1. The smallest absolute Gasteiger partial charge is 0.135 e. The largest absolute Gasteiger partial charge is 0.392 e. The van der Waals surface area contributed by atoms with E-state index in [1.807, 2.05) is 0 Å². The molecule has 306 valence electrons. The van der Waals surface area contributed by atoms with Crippen molar-refractivity contribution in [3.05, 3.63) is 24.3 Å². The number of rotatable bonds is 6. The Labute approximate surface area is 322 Å². The fourth-order valence-electron chi connectivity index (χ4n) is 10.7. The van der Waals surface area contributed by atoms with Gasteiger partial charge in [-0.3, -0.25) is 4.79 Å². The molecule has 0 aromatic rings. The monoisotopic (exact) mass is 761 g/mol. The lowest BCUT2D eigenvalue weighted by Crippen LogP contribution is -2.57. The third-order valence-corrected chi connectivity index (χ3v) is 13.8. The quantitative estimate of drug-likeness (QED) is 0.371. The maximum atomic E-state index is 14.0. The Balaban J connectivity index is 1.12. The van der Waals surface area contributed by atoms with Gasteiger partial charge in [-0.05, 0) is 68.4 Å². The SMILES string of the molecule is C=C1C[C@@H]2CC[C@@H]3C[C@@H](OC)[C@H](O3)[C@H]3C[C@@H](OC)[C@H]4O[C@H](CC[C@@H]4O3)CC(=O)C[C@@H]3[C@@H](OC)[C@@H](C[C@H](O)CN)O[C@H]3C[C@H]3O[C@@H](CC[C@@H]1O2)C[C@@H](C)C3=C. The number of carbonyl (C=O) groups is 1. The minimum Gasteiger partial charge on any atom is -0.392 e. The number of methoxy groups -OCH3 is 3. The summed E-state index contributed by atoms with van der Waals surface area (Å²) in [5.41, 5.74) is 8.03. The van der Waals surface area contributed by atoms with E-state index in [-0.39, 0.29) is 116 Å². The average Bonchev–Trinajstić information content (AvgIpc) is 3.84. The van der Waals surface area contributed by atoms with Crippen LogP contribution in [0.4, 0.5) is 0 Å². The van der Waals surface area contributed by atoms with Crippen LogP contribution in [-0.2, 0) is 47.4 Å². The molecule has 9 rings (SSSR count). The van der Waals surface area contributed by atoms with Gasteiger partial charge in [-0.2, -0.15) is 0 Å². The summed E-state index contributed by atoms with van der Waals surface area (Å²) in [6, 6.07) is 0. The lowest BCUT2D eigenvalue weighted by Gasteiger charge is -2.47. The molecule has 0 aromatic heterocycles. The van der Waals surface area contributed by atoms with E-state index in [1.165, 1.54) is 0 Å². The molecule has 9 aliphatic rings. The van der Waals surface area contributed by atoms with Crippen LogP contribution in [0.25, 0.3) is 0 Å². The minimum absolute atomic E-state index is 0.00806. The van der Waals surface area contributed by atoms with Crippen LogP contribution in [0.3, 0.4) is 0 Å². The number of ketones is 1. The van der Waals surface area contributed by atoms with Gasteiger partial charge in [-0.15, -0.1) is 0 Å². The predicted octanol–water partition coefficient (Wildman–Crippen LogP) is 4.36. The predicted molar refractivity (Wildman–Crippen MR) is 200 cm³/mol. The highest BCUT2D eigenvalue weighted by Gasteiger charge is 2.51. The van der Waals surface area contributed by atoms with Gasteiger partial charge in [0.25, 0.3) is 0 Å². The summed E-state index contributed by atoms with van der Waals surface area (Å²) in [5.74, 6) is 0.156. The van der Waals surface area contributed by atoms with Crippen LogP contribution in [0.5, 0.6) is 0 Å². The van der Waals surface area contributed by atoms with Crippen LogP contribution in [0.2, 0.25) is 0 Å². The third-order valence-electron chi connectivity index (χ3n) is 13.8. The van der Waals surface area contributed by atoms with Gasteiger partial charge in [0.2, 0.25) is 0 Å². The number of hydrogen-bond acceptors (Lipinski definition) is 12. The number of aliphatic hydroxyl groups excluding tert-OH is 1. The summed E-state index contributed by atoms with van der Waals surface area (Å²) in [4.78, 5) is 14.0. The molecule has 9 heterocycles. The molecular formula is C42H67NO11. The lowest BCUT2D eigenvalue weighted by molar-refractivity contribution is -0.252. The molecule has 0 radical (unpaired) electrons. The van der Waals surface area contributed by atoms with E-state index in [1.54, 1.807) is 21.3 Å². The molecule has 0 aromatic carbocycles. The summed E-state index contributed by atoms with van der Waals surface area (Å²) in [6.45, 7) is 11.2. The fourth-order valence-corrected chi connectivity index (χ4v) is 10.7. The van der Waals surface area contributed by atoms with E-state index in [0.29, 0.717) is 32.1 Å². The number of fused-ring (bicyclic) bond motifs is 2. The molecule has 18 atom stereocenters. The molecule has 0 amide bonds. The molecule has 3 N–H and O–H groups in total. The van der Waals surface area contributed by atoms with Crippen LogP contribution in [0, 0.1) is 11.8 Å². The van der Waals surface area contributed by atoms with Crippen LogP contribution in [0.1, 0.15) is 96.8 Å². The molecule has 12 nitrogen and oxygen atoms in total. The van der Waals surface area contributed by atoms with E-state index >= 15 is 0 Å². The van der Waals surface area contributed by atoms with Crippen LogP contribution >= 0.6 is 0 Å². The van der Waals surface area contributed by atoms with Gasteiger partial charge < -0.3 is 53.5 Å². The number of hydrogen-bond donors (Lipinski definition) is 2. The first kappa shape index (κ1) is 40.9. The Morgan fingerprint density at radius 2 is 1.35 bits per heavy atom. The Morgan fingerprint density at radius 1 is 0.704 bits per heavy atom. The zero-order valence-electron chi connectivity index (χ0n) is 33.0. The fraction of sp³-hybridized carbons (Fsp3) is 0.881. The zero-order chi connectivity index (χ0) is 38.1. The van der Waals surface area contributed by atoms with Crippen molar-refractivity contribution in [1.29, 1.82) is 0 Å². The highest BCUT2D eigenvalue weighted by molar-refractivity contribution is 5.79. The standard InChI is InChI=1S/C42H67NO11/c1-22-13-28-9-11-32-23(2)14-27(49-32)7-8-30-18-36(46-4)42(52-30)39-20-37(47-5)41-33(53-39)12-10-29(51-41)15-25(44)16-31-35(19-34(50-28)24(22)3)54-38(40(31)48-6)17-26(45)21-43/h22,26-42,45H,2-3,7-21,43H2,1,4-6H3/t22-,26+,27+,28+,29-,30-,31+,32+,33+,34-,35+,36-,37-,38-,39-,40-,41+,42+/m1/s1. The second-order valence-electron chi connectivity index (χ2n) is 17.4. The van der Waals surface area contributed by atoms with Gasteiger partial charge in [-0.25, -0.2) is 0 Å². The maximum Gasteiger partial charge on any atom is 0.135 e. The van der Waals surface area contributed by atoms with E-state index < -0.39 is 12.2 Å². The van der Waals surface area contributed by atoms with Crippen LogP contribution in [-0.4, -0.2) is 136 Å². The lowest BCUT2D eigenvalue weighted by atomic mass is 9.81. The zero-order valence-corrected chi connectivity index (χ0v) is 33.0. The molecular weight excluding hydrogens is 694 g/mol. The first-order valence-electron chi connectivity index (χ1n) is 20.8. The van der Waals surface area contributed by atoms with Crippen molar-refractivity contribution in [3.63, 3.8) is 0 Å². The van der Waals surface area contributed by atoms with Crippen molar-refractivity contribution in [2.75, 3.05) is 27.9 Å². The van der Waals surface area contributed by atoms with Crippen molar-refractivity contribution < 1.29 is 52.5 Å². The molecule has 0 unspecified atom stereocenters. The molecule has 9 aliphatic heterocycles. The van der Waals surface area contributed by atoms with Crippen LogP contribution < -0.4 is 5.73 Å². The Morgan fingerprint density at radius 3 is 2.11 bits per heavy atom. The molecule has 9 saturated heterocycles. The summed E-state index contributed by atoms with van der Waals surface area (Å²) >= 11 is 0. The maximum absolute atomic E-state index is 14.0. The summed E-state index contributed by atoms with van der Waals surface area (Å²) in [7, 11) is 5.14. The van der Waals surface area contributed by atoms with Crippen molar-refractivity contribution in [3.8, 4) is 0 Å². The summed E-state index contributed by atoms with van der Waals surface area (Å²) < 4.78 is 58.3. The number of nitrogens with two attached hydrogens (primary N) is 1. The van der Waals surface area contributed by atoms with E-state index in [0.717, 1.165) is 62.5 Å². The van der Waals surface area contributed by atoms with Gasteiger partial charge in [0.05, 0.1) is 85.5 Å². The second-order valence-corrected chi connectivity index (χ2v) is 17.4. The van der Waals surface area contributed by atoms with Gasteiger partial charge in [0.15, 0.2) is 0 Å². The Bertz CT molecular complexity index is 1290. The normalized spacial score (nSPS) is 47.0. The number of ether oxygens (including phenoxy) is 9.